The Morgan fingerprint density at radius 3 is 1.93 bits per heavy atom. The normalized spacial score (nSPS) is 22.1. The Balaban J connectivity index is 3.20. The minimum absolute atomic E-state index is 0.126. The largest absolute Gasteiger partial charge is 0.338 e. The highest BCUT2D eigenvalue weighted by atomic mass is 35.5. The lowest BCUT2D eigenvalue weighted by atomic mass is 9.96. The van der Waals surface area contributed by atoms with Gasteiger partial charge in [-0.05, 0) is 34.6 Å². The predicted octanol–water partition coefficient (Wildman–Crippen LogP) is 2.33. The third kappa shape index (κ3) is 1.40. The number of hydrogen-bond acceptors (Lipinski definition) is 2. The average molecular weight is 217 g/mol. The molecule has 4 heteroatoms. The van der Waals surface area contributed by atoms with Gasteiger partial charge in [0.2, 0.25) is 0 Å². The molecule has 1 heterocycles. The van der Waals surface area contributed by atoms with Crippen LogP contribution in [-0.2, 0) is 4.79 Å². The number of carbonyl (C=O) groups is 1. The molecule has 1 aliphatic heterocycles. The standard InChI is InChI=1S/C10H17ClN2O/c1-7-12(11)8(14)10(5,6)13(7)9(2,3)4/h1H2,2-6H3. The summed E-state index contributed by atoms with van der Waals surface area (Å²) >= 11 is 5.84. The van der Waals surface area contributed by atoms with Crippen molar-refractivity contribution in [2.24, 2.45) is 0 Å². The fourth-order valence-corrected chi connectivity index (χ4v) is 2.37. The van der Waals surface area contributed by atoms with Gasteiger partial charge < -0.3 is 4.90 Å². The number of hydrogen-bond donors (Lipinski definition) is 0. The molecule has 0 saturated carbocycles. The van der Waals surface area contributed by atoms with E-state index in [1.54, 1.807) is 0 Å². The van der Waals surface area contributed by atoms with Crippen molar-refractivity contribution >= 4 is 17.7 Å². The quantitative estimate of drug-likeness (QED) is 0.581. The Morgan fingerprint density at radius 2 is 1.79 bits per heavy atom. The summed E-state index contributed by atoms with van der Waals surface area (Å²) in [4.78, 5) is 13.7. The molecule has 1 fully saturated rings. The van der Waals surface area contributed by atoms with E-state index in [1.807, 2.05) is 39.5 Å². The van der Waals surface area contributed by atoms with Gasteiger partial charge in [-0.3, -0.25) is 4.79 Å². The molecular formula is C10H17ClN2O. The number of halogens is 1. The van der Waals surface area contributed by atoms with Crippen molar-refractivity contribution < 1.29 is 4.79 Å². The van der Waals surface area contributed by atoms with Gasteiger partial charge in [0.15, 0.2) is 0 Å². The number of carbonyl (C=O) groups excluding carboxylic acids is 1. The van der Waals surface area contributed by atoms with E-state index in [0.717, 1.165) is 4.42 Å². The van der Waals surface area contributed by atoms with E-state index in [2.05, 4.69) is 6.58 Å². The van der Waals surface area contributed by atoms with Crippen LogP contribution in [0, 0.1) is 0 Å². The molecule has 0 N–H and O–H groups in total. The van der Waals surface area contributed by atoms with Crippen molar-refractivity contribution in [3.63, 3.8) is 0 Å². The van der Waals surface area contributed by atoms with Crippen LogP contribution >= 0.6 is 11.8 Å². The zero-order valence-electron chi connectivity index (χ0n) is 9.39. The van der Waals surface area contributed by atoms with Crippen LogP contribution in [0.2, 0.25) is 0 Å². The first-order chi connectivity index (χ1) is 6.10. The summed E-state index contributed by atoms with van der Waals surface area (Å²) < 4.78 is 1.10. The van der Waals surface area contributed by atoms with E-state index in [9.17, 15) is 4.79 Å². The summed E-state index contributed by atoms with van der Waals surface area (Å²) in [6, 6.07) is 0. The van der Waals surface area contributed by atoms with Crippen LogP contribution in [0.15, 0.2) is 12.4 Å². The van der Waals surface area contributed by atoms with Crippen molar-refractivity contribution in [3.8, 4) is 0 Å². The van der Waals surface area contributed by atoms with Gasteiger partial charge in [-0.1, -0.05) is 6.58 Å². The molecule has 1 rings (SSSR count). The monoisotopic (exact) mass is 216 g/mol. The van der Waals surface area contributed by atoms with Gasteiger partial charge >= 0.3 is 0 Å². The lowest BCUT2D eigenvalue weighted by Gasteiger charge is -2.41. The van der Waals surface area contributed by atoms with Crippen LogP contribution in [0.5, 0.6) is 0 Å². The molecule has 0 aromatic heterocycles. The van der Waals surface area contributed by atoms with E-state index in [-0.39, 0.29) is 11.4 Å². The summed E-state index contributed by atoms with van der Waals surface area (Å²) in [6.45, 7) is 13.6. The Bertz CT molecular complexity index is 291. The van der Waals surface area contributed by atoms with E-state index < -0.39 is 5.54 Å². The van der Waals surface area contributed by atoms with Gasteiger partial charge in [-0.15, -0.1) is 0 Å². The zero-order chi connectivity index (χ0) is 11.3. The SMILES string of the molecule is C=C1N(Cl)C(=O)C(C)(C)N1C(C)(C)C. The van der Waals surface area contributed by atoms with Crippen molar-refractivity contribution in [1.82, 2.24) is 9.32 Å². The molecule has 0 radical (unpaired) electrons. The van der Waals surface area contributed by atoms with Crippen LogP contribution in [0.25, 0.3) is 0 Å². The van der Waals surface area contributed by atoms with Gasteiger partial charge in [0.1, 0.15) is 11.4 Å². The first-order valence-corrected chi connectivity index (χ1v) is 4.93. The molecule has 1 saturated heterocycles. The van der Waals surface area contributed by atoms with Crippen LogP contribution in [-0.4, -0.2) is 26.3 Å². The number of amides is 1. The topological polar surface area (TPSA) is 23.6 Å². The Labute approximate surface area is 90.4 Å². The van der Waals surface area contributed by atoms with E-state index in [1.165, 1.54) is 0 Å². The summed E-state index contributed by atoms with van der Waals surface area (Å²) in [6.07, 6.45) is 0. The highest BCUT2D eigenvalue weighted by Crippen LogP contribution is 2.39. The zero-order valence-corrected chi connectivity index (χ0v) is 10.1. The number of rotatable bonds is 0. The van der Waals surface area contributed by atoms with Gasteiger partial charge in [-0.25, -0.2) is 4.42 Å². The molecule has 0 aromatic carbocycles. The maximum absolute atomic E-state index is 11.8. The molecule has 3 nitrogen and oxygen atoms in total. The first kappa shape index (κ1) is 11.4. The molecule has 0 aliphatic carbocycles. The van der Waals surface area contributed by atoms with Gasteiger partial charge in [0.25, 0.3) is 5.91 Å². The van der Waals surface area contributed by atoms with E-state index in [0.29, 0.717) is 5.82 Å². The first-order valence-electron chi connectivity index (χ1n) is 4.59. The fourth-order valence-electron chi connectivity index (χ4n) is 2.09. The smallest absolute Gasteiger partial charge is 0.268 e. The van der Waals surface area contributed by atoms with Crippen molar-refractivity contribution in [1.29, 1.82) is 0 Å². The van der Waals surface area contributed by atoms with Crippen LogP contribution in [0.4, 0.5) is 0 Å². The fraction of sp³-hybridized carbons (Fsp3) is 0.700. The van der Waals surface area contributed by atoms with Crippen LogP contribution in [0.1, 0.15) is 34.6 Å². The molecular weight excluding hydrogens is 200 g/mol. The highest BCUT2D eigenvalue weighted by Gasteiger charge is 2.51. The predicted molar refractivity (Wildman–Crippen MR) is 57.5 cm³/mol. The van der Waals surface area contributed by atoms with Crippen molar-refractivity contribution in [3.05, 3.63) is 12.4 Å². The molecule has 0 unspecified atom stereocenters. The highest BCUT2D eigenvalue weighted by molar-refractivity contribution is 6.24. The second kappa shape index (κ2) is 2.89. The number of nitrogens with zero attached hydrogens (tertiary/aromatic N) is 2. The molecule has 14 heavy (non-hydrogen) atoms. The van der Waals surface area contributed by atoms with Gasteiger partial charge in [0, 0.05) is 17.3 Å². The maximum atomic E-state index is 11.8. The van der Waals surface area contributed by atoms with Crippen LogP contribution in [0.3, 0.4) is 0 Å². The summed E-state index contributed by atoms with van der Waals surface area (Å²) in [5.74, 6) is 0.424. The minimum atomic E-state index is -0.614. The Morgan fingerprint density at radius 1 is 1.36 bits per heavy atom. The van der Waals surface area contributed by atoms with E-state index >= 15 is 0 Å². The van der Waals surface area contributed by atoms with Crippen LogP contribution < -0.4 is 0 Å². The summed E-state index contributed by atoms with van der Waals surface area (Å²) in [7, 11) is 0. The van der Waals surface area contributed by atoms with Gasteiger partial charge in [0.05, 0.1) is 0 Å². The maximum Gasteiger partial charge on any atom is 0.268 e. The third-order valence-electron chi connectivity index (χ3n) is 2.42. The van der Waals surface area contributed by atoms with Gasteiger partial charge in [-0.2, -0.15) is 0 Å². The van der Waals surface area contributed by atoms with Crippen molar-refractivity contribution in [2.75, 3.05) is 0 Å². The van der Waals surface area contributed by atoms with Crippen molar-refractivity contribution in [2.45, 2.75) is 45.7 Å². The minimum Gasteiger partial charge on any atom is -0.338 e. The molecule has 80 valence electrons. The lowest BCUT2D eigenvalue weighted by molar-refractivity contribution is -0.130. The lowest BCUT2D eigenvalue weighted by Crippen LogP contribution is -2.51. The molecule has 0 aromatic rings. The molecule has 1 aliphatic rings. The Hall–Kier alpha value is -0.700. The second-order valence-corrected chi connectivity index (χ2v) is 5.41. The molecule has 0 atom stereocenters. The molecule has 1 amide bonds. The van der Waals surface area contributed by atoms with E-state index in [4.69, 9.17) is 11.8 Å². The molecule has 0 bridgehead atoms. The summed E-state index contributed by atoms with van der Waals surface area (Å²) in [5, 5.41) is 0. The Kier molecular flexibility index (Phi) is 2.35. The molecule has 0 spiro atoms. The second-order valence-electron chi connectivity index (χ2n) is 5.07. The summed E-state index contributed by atoms with van der Waals surface area (Å²) in [5.41, 5.74) is -0.781. The average Bonchev–Trinajstić information content (AvgIpc) is 2.10. The third-order valence-corrected chi connectivity index (χ3v) is 2.76.